The van der Waals surface area contributed by atoms with E-state index in [1.54, 1.807) is 6.07 Å². The Balaban J connectivity index is 2.27. The molecule has 4 nitrogen and oxygen atoms in total. The Bertz CT molecular complexity index is 559. The van der Waals surface area contributed by atoms with Crippen molar-refractivity contribution in [1.29, 1.82) is 0 Å². The summed E-state index contributed by atoms with van der Waals surface area (Å²) in [5.74, 6) is 0.258. The third-order valence-corrected chi connectivity index (χ3v) is 4.54. The number of methoxy groups -OCH3 is 2. The zero-order valence-corrected chi connectivity index (χ0v) is 14.3. The van der Waals surface area contributed by atoms with Crippen LogP contribution in [0.1, 0.15) is 56.2 Å². The number of hydrogen-bond donors (Lipinski definition) is 1. The standard InChI is InChI=1S/C18H26FNO3/c1-11(2)13-9-14(18(23-4)15(19)10-13)16-7-12(5-6-20-16)8-17(21)22-3/h9-12,16,20H,5-8H2,1-4H3/t12-,16-/m0/s1. The maximum atomic E-state index is 14.4. The number of hydrogen-bond acceptors (Lipinski definition) is 4. The summed E-state index contributed by atoms with van der Waals surface area (Å²) in [5.41, 5.74) is 1.79. The molecule has 1 aliphatic rings. The molecule has 0 saturated carbocycles. The predicted molar refractivity (Wildman–Crippen MR) is 87.1 cm³/mol. The van der Waals surface area contributed by atoms with E-state index in [-0.39, 0.29) is 29.7 Å². The van der Waals surface area contributed by atoms with E-state index in [4.69, 9.17) is 9.47 Å². The number of carbonyl (C=O) groups is 1. The summed E-state index contributed by atoms with van der Waals surface area (Å²) >= 11 is 0. The molecule has 1 aromatic rings. The molecule has 0 aliphatic carbocycles. The van der Waals surface area contributed by atoms with Gasteiger partial charge in [-0.3, -0.25) is 4.79 Å². The molecule has 1 N–H and O–H groups in total. The largest absolute Gasteiger partial charge is 0.493 e. The molecule has 1 aromatic carbocycles. The van der Waals surface area contributed by atoms with E-state index in [0.29, 0.717) is 12.2 Å². The van der Waals surface area contributed by atoms with Gasteiger partial charge in [-0.15, -0.1) is 0 Å². The van der Waals surface area contributed by atoms with Crippen molar-refractivity contribution < 1.29 is 18.7 Å². The Kier molecular flexibility index (Phi) is 5.99. The van der Waals surface area contributed by atoms with Crippen LogP contribution in [-0.2, 0) is 9.53 Å². The van der Waals surface area contributed by atoms with Crippen LogP contribution >= 0.6 is 0 Å². The van der Waals surface area contributed by atoms with Gasteiger partial charge < -0.3 is 14.8 Å². The van der Waals surface area contributed by atoms with Crippen molar-refractivity contribution in [2.75, 3.05) is 20.8 Å². The first-order chi connectivity index (χ1) is 11.0. The lowest BCUT2D eigenvalue weighted by molar-refractivity contribution is -0.142. The van der Waals surface area contributed by atoms with Gasteiger partial charge in [0.2, 0.25) is 0 Å². The van der Waals surface area contributed by atoms with Crippen LogP contribution in [0.15, 0.2) is 12.1 Å². The van der Waals surface area contributed by atoms with E-state index >= 15 is 0 Å². The Hall–Kier alpha value is -1.62. The van der Waals surface area contributed by atoms with Crippen molar-refractivity contribution in [1.82, 2.24) is 5.32 Å². The van der Waals surface area contributed by atoms with Crippen molar-refractivity contribution in [3.05, 3.63) is 29.1 Å². The molecule has 1 heterocycles. The van der Waals surface area contributed by atoms with Gasteiger partial charge in [0.25, 0.3) is 0 Å². The molecule has 1 aliphatic heterocycles. The van der Waals surface area contributed by atoms with Crippen molar-refractivity contribution >= 4 is 5.97 Å². The highest BCUT2D eigenvalue weighted by molar-refractivity contribution is 5.69. The zero-order chi connectivity index (χ0) is 17.0. The van der Waals surface area contributed by atoms with Crippen LogP contribution in [0.5, 0.6) is 5.75 Å². The first-order valence-electron chi connectivity index (χ1n) is 8.13. The second-order valence-electron chi connectivity index (χ2n) is 6.46. The van der Waals surface area contributed by atoms with E-state index < -0.39 is 0 Å². The van der Waals surface area contributed by atoms with Crippen LogP contribution in [0.4, 0.5) is 4.39 Å². The van der Waals surface area contributed by atoms with Crippen molar-refractivity contribution in [3.63, 3.8) is 0 Å². The number of carbonyl (C=O) groups excluding carboxylic acids is 1. The predicted octanol–water partition coefficient (Wildman–Crippen LogP) is 3.56. The summed E-state index contributed by atoms with van der Waals surface area (Å²) in [5, 5.41) is 3.43. The molecule has 2 atom stereocenters. The second-order valence-corrected chi connectivity index (χ2v) is 6.46. The molecular formula is C18H26FNO3. The number of benzene rings is 1. The van der Waals surface area contributed by atoms with Gasteiger partial charge in [0, 0.05) is 18.0 Å². The lowest BCUT2D eigenvalue weighted by Crippen LogP contribution is -2.33. The van der Waals surface area contributed by atoms with E-state index in [1.165, 1.54) is 14.2 Å². The fraction of sp³-hybridized carbons (Fsp3) is 0.611. The molecule has 0 unspecified atom stereocenters. The number of halogens is 1. The Morgan fingerprint density at radius 3 is 2.74 bits per heavy atom. The highest BCUT2D eigenvalue weighted by atomic mass is 19.1. The molecule has 128 valence electrons. The number of esters is 1. The highest BCUT2D eigenvalue weighted by Gasteiger charge is 2.28. The van der Waals surface area contributed by atoms with E-state index in [0.717, 1.165) is 30.5 Å². The molecule has 5 heteroatoms. The average Bonchev–Trinajstić information content (AvgIpc) is 2.54. The summed E-state index contributed by atoms with van der Waals surface area (Å²) in [6, 6.07) is 3.55. The minimum absolute atomic E-state index is 0.0124. The van der Waals surface area contributed by atoms with E-state index in [2.05, 4.69) is 5.32 Å². The molecule has 0 radical (unpaired) electrons. The average molecular weight is 323 g/mol. The van der Waals surface area contributed by atoms with Crippen molar-refractivity contribution in [3.8, 4) is 5.75 Å². The Labute approximate surface area is 137 Å². The van der Waals surface area contributed by atoms with Gasteiger partial charge in [-0.2, -0.15) is 0 Å². The fourth-order valence-electron chi connectivity index (χ4n) is 3.18. The summed E-state index contributed by atoms with van der Waals surface area (Å²) in [7, 11) is 2.90. The highest BCUT2D eigenvalue weighted by Crippen LogP contribution is 2.37. The number of ether oxygens (including phenoxy) is 2. The molecule has 23 heavy (non-hydrogen) atoms. The van der Waals surface area contributed by atoms with Gasteiger partial charge in [-0.1, -0.05) is 19.9 Å². The van der Waals surface area contributed by atoms with Crippen LogP contribution in [0.3, 0.4) is 0 Å². The fourth-order valence-corrected chi connectivity index (χ4v) is 3.18. The van der Waals surface area contributed by atoms with Crippen molar-refractivity contribution in [2.24, 2.45) is 5.92 Å². The van der Waals surface area contributed by atoms with Crippen LogP contribution in [0.25, 0.3) is 0 Å². The summed E-state index contributed by atoms with van der Waals surface area (Å²) in [4.78, 5) is 11.5. The van der Waals surface area contributed by atoms with Crippen LogP contribution in [-0.4, -0.2) is 26.7 Å². The lowest BCUT2D eigenvalue weighted by atomic mass is 9.85. The quantitative estimate of drug-likeness (QED) is 0.842. The number of piperidine rings is 1. The normalized spacial score (nSPS) is 21.3. The maximum absolute atomic E-state index is 14.4. The zero-order valence-electron chi connectivity index (χ0n) is 14.3. The second kappa shape index (κ2) is 7.77. The third-order valence-electron chi connectivity index (χ3n) is 4.54. The van der Waals surface area contributed by atoms with E-state index in [9.17, 15) is 9.18 Å². The van der Waals surface area contributed by atoms with Gasteiger partial charge in [-0.25, -0.2) is 4.39 Å². The Morgan fingerprint density at radius 2 is 2.13 bits per heavy atom. The first kappa shape index (κ1) is 17.7. The van der Waals surface area contributed by atoms with Gasteiger partial charge in [0.15, 0.2) is 11.6 Å². The SMILES string of the molecule is COC(=O)C[C@H]1CCN[C@H](c2cc(C(C)C)cc(F)c2OC)C1. The molecule has 1 fully saturated rings. The van der Waals surface area contributed by atoms with Crippen LogP contribution < -0.4 is 10.1 Å². The molecule has 0 aromatic heterocycles. The third kappa shape index (κ3) is 4.22. The number of nitrogens with one attached hydrogen (secondary N) is 1. The molecule has 0 amide bonds. The van der Waals surface area contributed by atoms with Gasteiger partial charge in [-0.05, 0) is 42.9 Å². The minimum Gasteiger partial charge on any atom is -0.493 e. The summed E-state index contributed by atoms with van der Waals surface area (Å²) in [6.45, 7) is 4.88. The smallest absolute Gasteiger partial charge is 0.305 e. The van der Waals surface area contributed by atoms with E-state index in [1.807, 2.05) is 19.9 Å². The lowest BCUT2D eigenvalue weighted by Gasteiger charge is -2.31. The topological polar surface area (TPSA) is 47.6 Å². The summed E-state index contributed by atoms with van der Waals surface area (Å²) < 4.78 is 24.4. The molecule has 1 saturated heterocycles. The molecule has 0 bridgehead atoms. The minimum atomic E-state index is -0.328. The molecule has 2 rings (SSSR count). The van der Waals surface area contributed by atoms with Crippen LogP contribution in [0, 0.1) is 11.7 Å². The van der Waals surface area contributed by atoms with Gasteiger partial charge in [0.05, 0.1) is 14.2 Å². The van der Waals surface area contributed by atoms with Gasteiger partial charge >= 0.3 is 5.97 Å². The summed E-state index contributed by atoms with van der Waals surface area (Å²) in [6.07, 6.45) is 2.09. The van der Waals surface area contributed by atoms with Crippen LogP contribution in [0.2, 0.25) is 0 Å². The Morgan fingerprint density at radius 1 is 1.39 bits per heavy atom. The first-order valence-corrected chi connectivity index (χ1v) is 8.13. The molecule has 0 spiro atoms. The van der Waals surface area contributed by atoms with Crippen molar-refractivity contribution in [2.45, 2.75) is 45.1 Å². The van der Waals surface area contributed by atoms with Gasteiger partial charge in [0.1, 0.15) is 0 Å². The number of rotatable bonds is 5. The maximum Gasteiger partial charge on any atom is 0.305 e. The molecular weight excluding hydrogens is 297 g/mol. The monoisotopic (exact) mass is 323 g/mol.